The Labute approximate surface area is 122 Å². The SMILES string of the molecule is CC(C)N(C)Cc1ccccc1CNC1=NCCN1C. The van der Waals surface area contributed by atoms with Gasteiger partial charge in [0.1, 0.15) is 0 Å². The highest BCUT2D eigenvalue weighted by atomic mass is 15.3. The molecule has 0 aromatic heterocycles. The van der Waals surface area contributed by atoms with Crippen molar-refractivity contribution in [3.05, 3.63) is 35.4 Å². The summed E-state index contributed by atoms with van der Waals surface area (Å²) in [6, 6.07) is 9.20. The van der Waals surface area contributed by atoms with E-state index < -0.39 is 0 Å². The molecule has 110 valence electrons. The molecule has 2 rings (SSSR count). The maximum Gasteiger partial charge on any atom is 0.194 e. The number of guanidine groups is 1. The molecule has 0 unspecified atom stereocenters. The van der Waals surface area contributed by atoms with E-state index in [-0.39, 0.29) is 0 Å². The molecule has 0 fully saturated rings. The number of hydrogen-bond acceptors (Lipinski definition) is 4. The van der Waals surface area contributed by atoms with Crippen LogP contribution in [0.25, 0.3) is 0 Å². The molecule has 1 N–H and O–H groups in total. The average molecular weight is 274 g/mol. The number of nitrogens with zero attached hydrogens (tertiary/aromatic N) is 3. The van der Waals surface area contributed by atoms with Crippen molar-refractivity contribution in [1.29, 1.82) is 0 Å². The lowest BCUT2D eigenvalue weighted by Gasteiger charge is -2.23. The smallest absolute Gasteiger partial charge is 0.194 e. The quantitative estimate of drug-likeness (QED) is 0.890. The topological polar surface area (TPSA) is 30.9 Å². The highest BCUT2D eigenvalue weighted by molar-refractivity contribution is 5.81. The molecule has 0 amide bonds. The maximum atomic E-state index is 4.47. The van der Waals surface area contributed by atoms with E-state index in [9.17, 15) is 0 Å². The summed E-state index contributed by atoms with van der Waals surface area (Å²) < 4.78 is 0. The summed E-state index contributed by atoms with van der Waals surface area (Å²) in [5, 5.41) is 3.45. The summed E-state index contributed by atoms with van der Waals surface area (Å²) in [7, 11) is 4.25. The standard InChI is InChI=1S/C16H26N4/c1-13(2)20(4)12-15-8-6-5-7-14(15)11-18-16-17-9-10-19(16)3/h5-8,13H,9-12H2,1-4H3,(H,17,18). The number of aliphatic imine (C=N–C) groups is 1. The lowest BCUT2D eigenvalue weighted by atomic mass is 10.1. The van der Waals surface area contributed by atoms with E-state index >= 15 is 0 Å². The van der Waals surface area contributed by atoms with E-state index in [2.05, 4.69) is 72.3 Å². The van der Waals surface area contributed by atoms with Crippen molar-refractivity contribution in [2.45, 2.75) is 33.0 Å². The van der Waals surface area contributed by atoms with E-state index in [1.807, 2.05) is 0 Å². The summed E-state index contributed by atoms with van der Waals surface area (Å²) in [6.07, 6.45) is 0. The second kappa shape index (κ2) is 6.75. The zero-order valence-electron chi connectivity index (χ0n) is 13.1. The highest BCUT2D eigenvalue weighted by Crippen LogP contribution is 2.12. The van der Waals surface area contributed by atoms with Gasteiger partial charge in [0.25, 0.3) is 0 Å². The Morgan fingerprint density at radius 3 is 2.60 bits per heavy atom. The van der Waals surface area contributed by atoms with Crippen molar-refractivity contribution in [3.8, 4) is 0 Å². The third-order valence-corrected chi connectivity index (χ3v) is 3.92. The van der Waals surface area contributed by atoms with Crippen molar-refractivity contribution in [3.63, 3.8) is 0 Å². The van der Waals surface area contributed by atoms with Gasteiger partial charge in [-0.2, -0.15) is 0 Å². The third-order valence-electron chi connectivity index (χ3n) is 3.92. The normalized spacial score (nSPS) is 15.1. The molecule has 0 aliphatic carbocycles. The zero-order valence-corrected chi connectivity index (χ0v) is 13.1. The monoisotopic (exact) mass is 274 g/mol. The predicted molar refractivity (Wildman–Crippen MR) is 84.8 cm³/mol. The van der Waals surface area contributed by atoms with Gasteiger partial charge in [0.05, 0.1) is 6.54 Å². The van der Waals surface area contributed by atoms with Crippen LogP contribution in [0.4, 0.5) is 0 Å². The summed E-state index contributed by atoms with van der Waals surface area (Å²) >= 11 is 0. The number of benzene rings is 1. The van der Waals surface area contributed by atoms with Crippen LogP contribution < -0.4 is 5.32 Å². The fourth-order valence-electron chi connectivity index (χ4n) is 2.23. The minimum absolute atomic E-state index is 0.557. The first kappa shape index (κ1) is 14.9. The minimum Gasteiger partial charge on any atom is -0.352 e. The molecule has 1 aromatic rings. The first-order valence-electron chi connectivity index (χ1n) is 7.34. The Kier molecular flexibility index (Phi) is 5.01. The van der Waals surface area contributed by atoms with Gasteiger partial charge in [-0.05, 0) is 32.0 Å². The number of rotatable bonds is 5. The molecule has 4 nitrogen and oxygen atoms in total. The molecule has 1 heterocycles. The van der Waals surface area contributed by atoms with E-state index in [0.717, 1.165) is 32.1 Å². The van der Waals surface area contributed by atoms with E-state index in [4.69, 9.17) is 0 Å². The van der Waals surface area contributed by atoms with Gasteiger partial charge in [-0.15, -0.1) is 0 Å². The first-order valence-corrected chi connectivity index (χ1v) is 7.34. The molecule has 1 aromatic carbocycles. The van der Waals surface area contributed by atoms with Crippen molar-refractivity contribution in [2.24, 2.45) is 4.99 Å². The van der Waals surface area contributed by atoms with Crippen molar-refractivity contribution < 1.29 is 0 Å². The number of hydrogen-bond donors (Lipinski definition) is 1. The minimum atomic E-state index is 0.557. The van der Waals surface area contributed by atoms with Crippen LogP contribution in [0.3, 0.4) is 0 Å². The van der Waals surface area contributed by atoms with Crippen LogP contribution in [0, 0.1) is 0 Å². The van der Waals surface area contributed by atoms with Gasteiger partial charge in [-0.1, -0.05) is 24.3 Å². The van der Waals surface area contributed by atoms with E-state index in [1.54, 1.807) is 0 Å². The van der Waals surface area contributed by atoms with Gasteiger partial charge >= 0.3 is 0 Å². The molecule has 0 radical (unpaired) electrons. The summed E-state index contributed by atoms with van der Waals surface area (Å²) in [5.41, 5.74) is 2.74. The van der Waals surface area contributed by atoms with Gasteiger partial charge in [0.15, 0.2) is 5.96 Å². The molecule has 1 aliphatic heterocycles. The molecule has 0 saturated carbocycles. The summed E-state index contributed by atoms with van der Waals surface area (Å²) in [5.74, 6) is 1.01. The van der Waals surface area contributed by atoms with Crippen LogP contribution in [0.2, 0.25) is 0 Å². The molecular weight excluding hydrogens is 248 g/mol. The van der Waals surface area contributed by atoms with Crippen LogP contribution in [-0.4, -0.2) is 49.0 Å². The largest absolute Gasteiger partial charge is 0.352 e. The van der Waals surface area contributed by atoms with Crippen molar-refractivity contribution in [2.75, 3.05) is 27.2 Å². The Bertz CT molecular complexity index is 467. The predicted octanol–water partition coefficient (Wildman–Crippen LogP) is 1.92. The first-order chi connectivity index (χ1) is 9.58. The molecule has 20 heavy (non-hydrogen) atoms. The lowest BCUT2D eigenvalue weighted by molar-refractivity contribution is 0.265. The fourth-order valence-corrected chi connectivity index (χ4v) is 2.23. The molecule has 0 atom stereocenters. The van der Waals surface area contributed by atoms with Crippen LogP contribution in [0.15, 0.2) is 29.3 Å². The summed E-state index contributed by atoms with van der Waals surface area (Å²) in [6.45, 7) is 8.19. The molecule has 0 saturated heterocycles. The Morgan fingerprint density at radius 2 is 2.00 bits per heavy atom. The van der Waals surface area contributed by atoms with Crippen LogP contribution in [0.1, 0.15) is 25.0 Å². The maximum absolute atomic E-state index is 4.47. The van der Waals surface area contributed by atoms with Crippen LogP contribution in [0.5, 0.6) is 0 Å². The Morgan fingerprint density at radius 1 is 1.30 bits per heavy atom. The Hall–Kier alpha value is -1.55. The molecule has 0 bridgehead atoms. The molecule has 0 spiro atoms. The van der Waals surface area contributed by atoms with Gasteiger partial charge in [-0.25, -0.2) is 0 Å². The third kappa shape index (κ3) is 3.73. The van der Waals surface area contributed by atoms with Gasteiger partial charge < -0.3 is 10.2 Å². The average Bonchev–Trinajstić information content (AvgIpc) is 2.83. The van der Waals surface area contributed by atoms with Crippen LogP contribution >= 0.6 is 0 Å². The van der Waals surface area contributed by atoms with Gasteiger partial charge in [-0.3, -0.25) is 9.89 Å². The van der Waals surface area contributed by atoms with Crippen molar-refractivity contribution >= 4 is 5.96 Å². The molecule has 4 heteroatoms. The molecular formula is C16H26N4. The number of nitrogens with one attached hydrogen (secondary N) is 1. The lowest BCUT2D eigenvalue weighted by Crippen LogP contribution is -2.35. The zero-order chi connectivity index (χ0) is 14.5. The van der Waals surface area contributed by atoms with E-state index in [0.29, 0.717) is 6.04 Å². The second-order valence-corrected chi connectivity index (χ2v) is 5.76. The van der Waals surface area contributed by atoms with Gasteiger partial charge in [0, 0.05) is 32.7 Å². The molecule has 1 aliphatic rings. The second-order valence-electron chi connectivity index (χ2n) is 5.76. The number of likely N-dealkylation sites (N-methyl/N-ethyl adjacent to an activating group) is 1. The Balaban J connectivity index is 2.00. The fraction of sp³-hybridized carbons (Fsp3) is 0.562. The van der Waals surface area contributed by atoms with Crippen molar-refractivity contribution in [1.82, 2.24) is 15.1 Å². The van der Waals surface area contributed by atoms with Gasteiger partial charge in [0.2, 0.25) is 0 Å². The van der Waals surface area contributed by atoms with Crippen LogP contribution in [-0.2, 0) is 13.1 Å². The van der Waals surface area contributed by atoms with E-state index in [1.165, 1.54) is 11.1 Å². The summed E-state index contributed by atoms with van der Waals surface area (Å²) in [4.78, 5) is 9.00. The highest BCUT2D eigenvalue weighted by Gasteiger charge is 2.13.